The molecule has 1 N–H and O–H groups in total. The number of anilines is 1. The van der Waals surface area contributed by atoms with Crippen LogP contribution in [0.15, 0.2) is 12.3 Å². The topological polar surface area (TPSA) is 45.2 Å². The summed E-state index contributed by atoms with van der Waals surface area (Å²) >= 11 is 6.10. The molecule has 19 heavy (non-hydrogen) atoms. The van der Waals surface area contributed by atoms with Crippen molar-refractivity contribution in [2.75, 3.05) is 25.0 Å². The Morgan fingerprint density at radius 2 is 2.37 bits per heavy atom. The molecule has 1 amide bonds. The summed E-state index contributed by atoms with van der Waals surface area (Å²) in [5.41, 5.74) is 0.546. The largest absolute Gasteiger partial charge is 0.370 e. The number of carbonyl (C=O) groups excluding carboxylic acids is 1. The van der Waals surface area contributed by atoms with Crippen molar-refractivity contribution in [2.24, 2.45) is 5.92 Å². The number of amides is 1. The third kappa shape index (κ3) is 3.18. The van der Waals surface area contributed by atoms with E-state index in [2.05, 4.69) is 17.2 Å². The van der Waals surface area contributed by atoms with E-state index in [1.165, 1.54) is 0 Å². The van der Waals surface area contributed by atoms with Crippen LogP contribution in [-0.4, -0.2) is 35.4 Å². The van der Waals surface area contributed by atoms with Crippen LogP contribution in [0.3, 0.4) is 0 Å². The highest BCUT2D eigenvalue weighted by molar-refractivity contribution is 6.33. The van der Waals surface area contributed by atoms with Gasteiger partial charge < -0.3 is 10.2 Å². The Hall–Kier alpha value is -1.29. The second-order valence-electron chi connectivity index (χ2n) is 4.89. The highest BCUT2D eigenvalue weighted by Gasteiger charge is 2.27. The monoisotopic (exact) mass is 281 g/mol. The molecular weight excluding hydrogens is 262 g/mol. The Labute approximate surface area is 119 Å². The van der Waals surface area contributed by atoms with Crippen molar-refractivity contribution >= 4 is 23.3 Å². The number of aromatic nitrogens is 1. The molecule has 2 rings (SSSR count). The number of nitrogens with zero attached hydrogens (tertiary/aromatic N) is 2. The van der Waals surface area contributed by atoms with Crippen molar-refractivity contribution in [1.29, 1.82) is 0 Å². The lowest BCUT2D eigenvalue weighted by atomic mass is 10.1. The number of halogens is 1. The SMILES string of the molecule is CCNc1cc(C(=O)N2CCC(CC)C2)c(Cl)cn1. The van der Waals surface area contributed by atoms with Crippen LogP contribution in [-0.2, 0) is 0 Å². The maximum atomic E-state index is 12.5. The first-order chi connectivity index (χ1) is 9.15. The van der Waals surface area contributed by atoms with E-state index in [1.54, 1.807) is 12.3 Å². The fourth-order valence-corrected chi connectivity index (χ4v) is 2.59. The molecule has 1 aliphatic rings. The van der Waals surface area contributed by atoms with Crippen molar-refractivity contribution < 1.29 is 4.79 Å². The summed E-state index contributed by atoms with van der Waals surface area (Å²) < 4.78 is 0. The molecule has 1 atom stereocenters. The van der Waals surface area contributed by atoms with Crippen LogP contribution in [0.2, 0.25) is 5.02 Å². The molecule has 0 saturated carbocycles. The fourth-order valence-electron chi connectivity index (χ4n) is 2.40. The third-order valence-corrected chi connectivity index (χ3v) is 3.90. The molecule has 0 spiro atoms. The van der Waals surface area contributed by atoms with E-state index >= 15 is 0 Å². The molecule has 0 radical (unpaired) electrons. The molecule has 0 aliphatic carbocycles. The van der Waals surface area contributed by atoms with Gasteiger partial charge in [0, 0.05) is 25.8 Å². The van der Waals surface area contributed by atoms with Gasteiger partial charge in [0.15, 0.2) is 0 Å². The first-order valence-electron chi connectivity index (χ1n) is 6.84. The Balaban J connectivity index is 2.16. The molecule has 1 aliphatic heterocycles. The second-order valence-corrected chi connectivity index (χ2v) is 5.30. The number of hydrogen-bond donors (Lipinski definition) is 1. The fraction of sp³-hybridized carbons (Fsp3) is 0.571. The number of pyridine rings is 1. The predicted octanol–water partition coefficient (Wildman–Crippen LogP) is 3.04. The van der Waals surface area contributed by atoms with E-state index in [1.807, 2.05) is 11.8 Å². The lowest BCUT2D eigenvalue weighted by Gasteiger charge is -2.17. The standard InChI is InChI=1S/C14H20ClN3O/c1-3-10-5-6-18(9-10)14(19)11-7-13(16-4-2)17-8-12(11)15/h7-8,10H,3-6,9H2,1-2H3,(H,16,17). The van der Waals surface area contributed by atoms with Crippen molar-refractivity contribution in [1.82, 2.24) is 9.88 Å². The van der Waals surface area contributed by atoms with Crippen LogP contribution >= 0.6 is 11.6 Å². The minimum Gasteiger partial charge on any atom is -0.370 e. The van der Waals surface area contributed by atoms with Gasteiger partial charge in [-0.25, -0.2) is 4.98 Å². The number of carbonyl (C=O) groups is 1. The summed E-state index contributed by atoms with van der Waals surface area (Å²) in [5.74, 6) is 1.33. The maximum absolute atomic E-state index is 12.5. The van der Waals surface area contributed by atoms with Gasteiger partial charge in [-0.15, -0.1) is 0 Å². The van der Waals surface area contributed by atoms with E-state index in [-0.39, 0.29) is 5.91 Å². The summed E-state index contributed by atoms with van der Waals surface area (Å²) in [6, 6.07) is 1.74. The zero-order valence-corrected chi connectivity index (χ0v) is 12.2. The van der Waals surface area contributed by atoms with Crippen molar-refractivity contribution in [2.45, 2.75) is 26.7 Å². The Kier molecular flexibility index (Phi) is 4.64. The Morgan fingerprint density at radius 1 is 1.58 bits per heavy atom. The van der Waals surface area contributed by atoms with Gasteiger partial charge in [-0.2, -0.15) is 0 Å². The van der Waals surface area contributed by atoms with Gasteiger partial charge in [0.25, 0.3) is 5.91 Å². The highest BCUT2D eigenvalue weighted by Crippen LogP contribution is 2.25. The van der Waals surface area contributed by atoms with Crippen LogP contribution in [0.1, 0.15) is 37.0 Å². The molecule has 5 heteroatoms. The molecule has 1 saturated heterocycles. The Bertz CT molecular complexity index is 464. The van der Waals surface area contributed by atoms with Crippen LogP contribution in [0.4, 0.5) is 5.82 Å². The minimum atomic E-state index is 0.0162. The summed E-state index contributed by atoms with van der Waals surface area (Å²) in [6.07, 6.45) is 3.75. The second kappa shape index (κ2) is 6.24. The van der Waals surface area contributed by atoms with Crippen molar-refractivity contribution in [3.05, 3.63) is 22.8 Å². The molecule has 0 aromatic carbocycles. The van der Waals surface area contributed by atoms with E-state index in [4.69, 9.17) is 11.6 Å². The van der Waals surface area contributed by atoms with Gasteiger partial charge in [-0.3, -0.25) is 4.79 Å². The lowest BCUT2D eigenvalue weighted by Crippen LogP contribution is -2.29. The van der Waals surface area contributed by atoms with E-state index in [0.717, 1.165) is 32.5 Å². The van der Waals surface area contributed by atoms with Gasteiger partial charge in [-0.1, -0.05) is 24.9 Å². The molecule has 2 heterocycles. The van der Waals surface area contributed by atoms with Gasteiger partial charge in [-0.05, 0) is 25.3 Å². The molecule has 1 unspecified atom stereocenters. The average molecular weight is 282 g/mol. The summed E-state index contributed by atoms with van der Waals surface area (Å²) in [5, 5.41) is 3.52. The zero-order valence-electron chi connectivity index (χ0n) is 11.4. The van der Waals surface area contributed by atoms with Crippen molar-refractivity contribution in [3.8, 4) is 0 Å². The predicted molar refractivity (Wildman–Crippen MR) is 77.7 cm³/mol. The van der Waals surface area contributed by atoms with Gasteiger partial charge >= 0.3 is 0 Å². The Morgan fingerprint density at radius 3 is 3.00 bits per heavy atom. The third-order valence-electron chi connectivity index (χ3n) is 3.59. The number of rotatable bonds is 4. The number of hydrogen-bond acceptors (Lipinski definition) is 3. The lowest BCUT2D eigenvalue weighted by molar-refractivity contribution is 0.0787. The van der Waals surface area contributed by atoms with Crippen LogP contribution in [0.25, 0.3) is 0 Å². The smallest absolute Gasteiger partial charge is 0.255 e. The van der Waals surface area contributed by atoms with E-state index < -0.39 is 0 Å². The van der Waals surface area contributed by atoms with Crippen molar-refractivity contribution in [3.63, 3.8) is 0 Å². The molecule has 1 aromatic rings. The quantitative estimate of drug-likeness (QED) is 0.923. The summed E-state index contributed by atoms with van der Waals surface area (Å²) in [6.45, 7) is 6.59. The summed E-state index contributed by atoms with van der Waals surface area (Å²) in [4.78, 5) is 18.5. The molecule has 1 aromatic heterocycles. The number of likely N-dealkylation sites (tertiary alicyclic amines) is 1. The van der Waals surface area contributed by atoms with E-state index in [9.17, 15) is 4.79 Å². The normalized spacial score (nSPS) is 18.7. The van der Waals surface area contributed by atoms with Gasteiger partial charge in [0.05, 0.1) is 10.6 Å². The van der Waals surface area contributed by atoms with Crippen LogP contribution in [0.5, 0.6) is 0 Å². The first kappa shape index (κ1) is 14.1. The van der Waals surface area contributed by atoms with Gasteiger partial charge in [0.2, 0.25) is 0 Å². The number of nitrogens with one attached hydrogen (secondary N) is 1. The van der Waals surface area contributed by atoms with Crippen LogP contribution < -0.4 is 5.32 Å². The molecule has 4 nitrogen and oxygen atoms in total. The molecule has 0 bridgehead atoms. The maximum Gasteiger partial charge on any atom is 0.255 e. The first-order valence-corrected chi connectivity index (χ1v) is 7.22. The molecule has 1 fully saturated rings. The van der Waals surface area contributed by atoms with Gasteiger partial charge in [0.1, 0.15) is 5.82 Å². The van der Waals surface area contributed by atoms with E-state index in [0.29, 0.717) is 22.3 Å². The highest BCUT2D eigenvalue weighted by atomic mass is 35.5. The summed E-state index contributed by atoms with van der Waals surface area (Å²) in [7, 11) is 0. The molecule has 104 valence electrons. The van der Waals surface area contributed by atoms with Crippen LogP contribution in [0, 0.1) is 5.92 Å². The average Bonchev–Trinajstić information content (AvgIpc) is 2.89. The minimum absolute atomic E-state index is 0.0162. The molecular formula is C14H20ClN3O. The zero-order chi connectivity index (χ0) is 13.8.